The number of phosphoric ester groups is 1. The number of rotatable bonds is 22. The molecule has 0 spiro atoms. The maximum absolute atomic E-state index is 16.6. The Balaban J connectivity index is 0.743. The number of alkyl halides is 2. The van der Waals surface area contributed by atoms with Crippen molar-refractivity contribution in [2.75, 3.05) is 56.3 Å². The Morgan fingerprint density at radius 1 is 0.891 bits per heavy atom. The summed E-state index contributed by atoms with van der Waals surface area (Å²) in [5, 5.41) is 13.2. The van der Waals surface area contributed by atoms with E-state index in [1.54, 1.807) is 26.0 Å². The summed E-state index contributed by atoms with van der Waals surface area (Å²) >= 11 is 3.98. The largest absolute Gasteiger partial charge is 0.473 e. The molecule has 1 unspecified atom stereocenters. The topological polar surface area (TPSA) is 458 Å². The Kier molecular flexibility index (Phi) is 21.4. The van der Waals surface area contributed by atoms with Crippen LogP contribution < -0.4 is 38.1 Å². The number of urea groups is 1. The molecule has 0 radical (unpaired) electrons. The zero-order valence-corrected chi connectivity index (χ0v) is 51.5. The minimum atomic E-state index is -5.28. The molecular weight excluding hydrogens is 1280 g/mol. The summed E-state index contributed by atoms with van der Waals surface area (Å²) in [5.74, 6) is -4.21. The van der Waals surface area contributed by atoms with Crippen molar-refractivity contribution in [2.45, 2.75) is 101 Å². The number of carbonyl (C=O) groups is 8. The SMILES string of the molecule is CC(C)[C@H](NC(=O)CCN1C(=O)C=CC1=O)C(=O)N[C@@H](CCCCNC(N)=O)C(=O)Nc1ccc(COC(=O)N(C)CCOC(=O)Nc2ncnc3c2ncn3[C@@H]2O[C@@H]3COP(=O)(O)O[C@@H]4/C(=C/O[P@@](=O)(S)O[C@H]3[C@H]2F)O[C@@H](n2ccc3c(N)ncnc32)[C@@H]4F)cc1. The highest BCUT2D eigenvalue weighted by atomic mass is 32.7. The average molecular weight is 1350 g/mol. The van der Waals surface area contributed by atoms with Gasteiger partial charge in [-0.2, -0.15) is 0 Å². The lowest BCUT2D eigenvalue weighted by atomic mass is 10.0. The van der Waals surface area contributed by atoms with E-state index in [9.17, 15) is 52.4 Å². The lowest BCUT2D eigenvalue weighted by Crippen LogP contribution is -2.54. The lowest BCUT2D eigenvalue weighted by Gasteiger charge is -2.25. The predicted octanol–water partition coefficient (Wildman–Crippen LogP) is 3.29. The number of hydrogen-bond donors (Lipinski definition) is 9. The first kappa shape index (κ1) is 67.5. The summed E-state index contributed by atoms with van der Waals surface area (Å²) in [4.78, 5) is 134. The third-order valence-electron chi connectivity index (χ3n) is 14.4. The number of hydrogen-bond acceptors (Lipinski definition) is 24. The standard InChI is InChI=1S/C52H62F2N16O19P2S/c1-26(2)38(65-33(71)14-17-68-34(72)11-12-35(68)73)47(75)64-30(6-4-5-15-57-50(56)76)46(74)63-28-9-7-27(8-10-28)20-83-52(78)67(3)18-19-82-51(77)66-43-39-45(61-24-59-43)70(25-62-39)49-37(54)41-31(87-49)21-84-90(79,80)88-40-32(22-85-91(81,92)89-41)86-48(36(40)53)69-16-13-29-42(55)58-23-60-44(29)69/h7-13,16,22-26,30-31,36-38,40-41,48-49H,4-6,14-15,17-21H2,1-3H3,(H,63,74)(H,64,75)(H,65,71)(H,79,80)(H,81,92)(H2,55,58,60)(H3,56,57,76)(H,59,61,66,77)/b32-22-/t30-,31+,36+,37+,38-,40+,41+,48+,49+,91+/m0/s1. The molecule has 2 saturated heterocycles. The van der Waals surface area contributed by atoms with E-state index in [1.807, 2.05) is 0 Å². The number of aromatic nitrogens is 7. The van der Waals surface area contributed by atoms with Crippen molar-refractivity contribution in [2.24, 2.45) is 11.7 Å². The summed E-state index contributed by atoms with van der Waals surface area (Å²) < 4.78 is 106. The molecule has 0 aliphatic carbocycles. The van der Waals surface area contributed by atoms with Crippen LogP contribution in [0, 0.1) is 5.92 Å². The third kappa shape index (κ3) is 16.4. The van der Waals surface area contributed by atoms with Gasteiger partial charge in [0.2, 0.25) is 23.9 Å². The summed E-state index contributed by atoms with van der Waals surface area (Å²) in [5.41, 5.74) is 11.8. The molecule has 0 bridgehead atoms. The van der Waals surface area contributed by atoms with Crippen LogP contribution in [-0.2, 0) is 76.8 Å². The number of fused-ring (bicyclic) bond motifs is 4. The van der Waals surface area contributed by atoms with Crippen molar-refractivity contribution in [3.05, 3.63) is 85.2 Å². The molecule has 494 valence electrons. The number of nitrogen functional groups attached to an aromatic ring is 1. The molecule has 35 nitrogen and oxygen atoms in total. The Morgan fingerprint density at radius 3 is 2.35 bits per heavy atom. The molecule has 9 rings (SSSR count). The summed E-state index contributed by atoms with van der Waals surface area (Å²) in [6.45, 7) is -3.04. The number of imide groups is 1. The quantitative estimate of drug-likeness (QED) is 0.0208. The Bertz CT molecular complexity index is 3770. The van der Waals surface area contributed by atoms with E-state index in [2.05, 4.69) is 63.8 Å². The fourth-order valence-electron chi connectivity index (χ4n) is 9.66. The normalized spacial score (nSPS) is 25.0. The molecule has 2 fully saturated rings. The molecule has 10 N–H and O–H groups in total. The lowest BCUT2D eigenvalue weighted by molar-refractivity contribution is -0.137. The van der Waals surface area contributed by atoms with E-state index in [0.29, 0.717) is 35.7 Å². The molecule has 8 heterocycles. The first-order valence-corrected chi connectivity index (χ1v) is 32.2. The van der Waals surface area contributed by atoms with E-state index < -0.39 is 136 Å². The van der Waals surface area contributed by atoms with Gasteiger partial charge in [0, 0.05) is 50.6 Å². The van der Waals surface area contributed by atoms with Gasteiger partial charge in [-0.25, -0.2) is 57.2 Å². The van der Waals surface area contributed by atoms with Crippen LogP contribution in [0.3, 0.4) is 0 Å². The summed E-state index contributed by atoms with van der Waals surface area (Å²) in [7, 11) is -3.90. The van der Waals surface area contributed by atoms with Crippen molar-refractivity contribution in [3.63, 3.8) is 0 Å². The second-order valence-electron chi connectivity index (χ2n) is 21.2. The number of ether oxygens (including phenoxy) is 4. The Hall–Kier alpha value is -8.90. The van der Waals surface area contributed by atoms with E-state index >= 15 is 8.78 Å². The molecule has 9 amide bonds. The van der Waals surface area contributed by atoms with Crippen molar-refractivity contribution >= 4 is 114 Å². The highest BCUT2D eigenvalue weighted by Gasteiger charge is 2.54. The fourth-order valence-corrected chi connectivity index (χ4v) is 11.9. The smallest absolute Gasteiger partial charge is 0.465 e. The number of amides is 9. The number of phosphoric acid groups is 1. The molecular formula is C52H62F2N16O19P2S. The highest BCUT2D eigenvalue weighted by molar-refractivity contribution is 8.44. The van der Waals surface area contributed by atoms with Gasteiger partial charge in [0.05, 0.1) is 24.9 Å². The number of imidazole rings is 1. The van der Waals surface area contributed by atoms with Crippen molar-refractivity contribution in [3.8, 4) is 0 Å². The first-order chi connectivity index (χ1) is 43.8. The van der Waals surface area contributed by atoms with E-state index in [0.717, 1.165) is 45.5 Å². The van der Waals surface area contributed by atoms with Crippen LogP contribution >= 0.6 is 26.9 Å². The van der Waals surface area contributed by atoms with Crippen molar-refractivity contribution in [1.82, 2.24) is 59.8 Å². The second-order valence-corrected chi connectivity index (χ2v) is 25.4. The van der Waals surface area contributed by atoms with Gasteiger partial charge in [-0.1, -0.05) is 26.0 Å². The first-order valence-electron chi connectivity index (χ1n) is 28.0. The van der Waals surface area contributed by atoms with Gasteiger partial charge in [0.15, 0.2) is 47.4 Å². The van der Waals surface area contributed by atoms with Crippen LogP contribution in [0.1, 0.15) is 57.6 Å². The molecule has 4 aromatic heterocycles. The van der Waals surface area contributed by atoms with Crippen LogP contribution in [0.25, 0.3) is 22.2 Å². The van der Waals surface area contributed by atoms with Gasteiger partial charge in [0.1, 0.15) is 67.9 Å². The Labute approximate surface area is 524 Å². The number of anilines is 3. The number of nitrogens with two attached hydrogens (primary N) is 2. The van der Waals surface area contributed by atoms with E-state index in [1.165, 1.54) is 36.0 Å². The maximum atomic E-state index is 16.6. The second kappa shape index (κ2) is 29.2. The van der Waals surface area contributed by atoms with Gasteiger partial charge in [-0.05, 0) is 61.2 Å². The predicted molar refractivity (Wildman–Crippen MR) is 316 cm³/mol. The summed E-state index contributed by atoms with van der Waals surface area (Å²) in [6, 6.07) is 4.72. The fraction of sp³-hybridized carbons (Fsp3) is 0.442. The van der Waals surface area contributed by atoms with Crippen LogP contribution in [0.2, 0.25) is 0 Å². The molecule has 40 heteroatoms. The number of halogens is 2. The molecule has 11 atom stereocenters. The highest BCUT2D eigenvalue weighted by Crippen LogP contribution is 2.59. The average Bonchev–Trinajstić information content (AvgIpc) is 1.64. The maximum Gasteiger partial charge on any atom is 0.473 e. The third-order valence-corrected chi connectivity index (χ3v) is 16.8. The minimum absolute atomic E-state index is 0.0706. The molecule has 5 aromatic rings. The van der Waals surface area contributed by atoms with Gasteiger partial charge >= 0.3 is 32.8 Å². The number of nitrogens with zero attached hydrogens (tertiary/aromatic N) is 9. The number of benzene rings is 1. The van der Waals surface area contributed by atoms with Crippen LogP contribution in [-0.4, -0.2) is 179 Å². The van der Waals surface area contributed by atoms with Crippen LogP contribution in [0.5, 0.6) is 0 Å². The van der Waals surface area contributed by atoms with Gasteiger partial charge in [-0.15, -0.1) is 0 Å². The monoisotopic (exact) mass is 1350 g/mol. The Morgan fingerprint density at radius 2 is 1.62 bits per heavy atom. The van der Waals surface area contributed by atoms with Gasteiger partial charge in [0.25, 0.3) is 11.8 Å². The number of unbranched alkanes of at least 4 members (excludes halogenated alkanes) is 1. The van der Waals surface area contributed by atoms with Crippen molar-refractivity contribution in [1.29, 1.82) is 0 Å². The van der Waals surface area contributed by atoms with E-state index in [-0.39, 0.29) is 74.1 Å². The summed E-state index contributed by atoms with van der Waals surface area (Å²) in [6.07, 6.45) is -7.43. The van der Waals surface area contributed by atoms with E-state index in [4.69, 9.17) is 48.5 Å². The van der Waals surface area contributed by atoms with Crippen molar-refractivity contribution < 1.29 is 98.2 Å². The molecule has 1 aromatic carbocycles. The molecule has 4 aliphatic heterocycles. The number of primary amides is 1. The van der Waals surface area contributed by atoms with Crippen LogP contribution in [0.4, 0.5) is 40.5 Å². The molecule has 92 heavy (non-hydrogen) atoms. The molecule has 4 aliphatic rings. The number of thiol groups is 1. The number of carbonyl (C=O) groups excluding carboxylic acids is 8. The number of likely N-dealkylation sites (N-methyl/N-ethyl adjacent to an activating group) is 1. The van der Waals surface area contributed by atoms with Crippen LogP contribution in [0.15, 0.2) is 79.7 Å². The molecule has 0 saturated carbocycles. The van der Waals surface area contributed by atoms with Gasteiger partial charge < -0.3 is 66.0 Å². The zero-order valence-electron chi connectivity index (χ0n) is 48.8. The number of nitrogens with one attached hydrogen (secondary N) is 5. The van der Waals surface area contributed by atoms with Gasteiger partial charge in [-0.3, -0.25) is 56.9 Å². The minimum Gasteiger partial charge on any atom is -0.465 e. The zero-order chi connectivity index (χ0) is 66.2.